The van der Waals surface area contributed by atoms with Gasteiger partial charge in [-0.05, 0) is 32.8 Å². The number of aromatic nitrogens is 3. The van der Waals surface area contributed by atoms with Crippen LogP contribution in [0.1, 0.15) is 42.9 Å². The van der Waals surface area contributed by atoms with Crippen LogP contribution in [0, 0.1) is 13.8 Å². The first-order valence-electron chi connectivity index (χ1n) is 7.35. The van der Waals surface area contributed by atoms with Crippen LogP contribution in [0.2, 0.25) is 0 Å². The van der Waals surface area contributed by atoms with Crippen LogP contribution in [0.25, 0.3) is 0 Å². The van der Waals surface area contributed by atoms with Crippen molar-refractivity contribution < 1.29 is 4.79 Å². The zero-order valence-electron chi connectivity index (χ0n) is 13.0. The predicted octanol–water partition coefficient (Wildman–Crippen LogP) is 2.85. The summed E-state index contributed by atoms with van der Waals surface area (Å²) in [7, 11) is 0. The third-order valence-corrected chi connectivity index (χ3v) is 4.40. The number of anilines is 2. The molecule has 1 aliphatic rings. The standard InChI is InChI=1S/C15H19N5OS/c1-9-7-10(2)17-14(16-9)20-6-4-5-13(20)12-8-22-15(19-12)18-11(3)21/h7-8,13H,4-6H2,1-3H3,(H,18,19,21)/t13-/m1/s1. The Labute approximate surface area is 133 Å². The maximum absolute atomic E-state index is 11.1. The van der Waals surface area contributed by atoms with Gasteiger partial charge in [-0.2, -0.15) is 0 Å². The summed E-state index contributed by atoms with van der Waals surface area (Å²) >= 11 is 1.46. The van der Waals surface area contributed by atoms with Gasteiger partial charge in [0.1, 0.15) is 0 Å². The number of hydrogen-bond acceptors (Lipinski definition) is 6. The van der Waals surface area contributed by atoms with Crippen LogP contribution in [0.3, 0.4) is 0 Å². The molecule has 0 unspecified atom stereocenters. The number of hydrogen-bond donors (Lipinski definition) is 1. The van der Waals surface area contributed by atoms with E-state index in [4.69, 9.17) is 0 Å². The summed E-state index contributed by atoms with van der Waals surface area (Å²) in [6, 6.07) is 2.16. The zero-order chi connectivity index (χ0) is 15.7. The Kier molecular flexibility index (Phi) is 4.06. The lowest BCUT2D eigenvalue weighted by molar-refractivity contribution is -0.114. The summed E-state index contributed by atoms with van der Waals surface area (Å²) in [5, 5.41) is 5.40. The molecule has 1 amide bonds. The van der Waals surface area contributed by atoms with Gasteiger partial charge in [0.15, 0.2) is 5.13 Å². The second kappa shape index (κ2) is 6.00. The highest BCUT2D eigenvalue weighted by atomic mass is 32.1. The molecule has 0 aromatic carbocycles. The topological polar surface area (TPSA) is 71.0 Å². The Bertz CT molecular complexity index is 679. The molecular formula is C15H19N5OS. The minimum Gasteiger partial charge on any atom is -0.332 e. The van der Waals surface area contributed by atoms with Crippen LogP contribution in [0.15, 0.2) is 11.4 Å². The van der Waals surface area contributed by atoms with Crippen molar-refractivity contribution in [2.24, 2.45) is 0 Å². The summed E-state index contributed by atoms with van der Waals surface area (Å²) < 4.78 is 0. The maximum Gasteiger partial charge on any atom is 0.226 e. The van der Waals surface area contributed by atoms with Gasteiger partial charge in [0.05, 0.1) is 11.7 Å². The molecule has 6 nitrogen and oxygen atoms in total. The Morgan fingerprint density at radius 3 is 2.73 bits per heavy atom. The Morgan fingerprint density at radius 1 is 1.32 bits per heavy atom. The van der Waals surface area contributed by atoms with E-state index in [1.165, 1.54) is 18.3 Å². The average Bonchev–Trinajstić information content (AvgIpc) is 3.04. The second-order valence-corrected chi connectivity index (χ2v) is 6.42. The minimum atomic E-state index is -0.0955. The van der Waals surface area contributed by atoms with Crippen molar-refractivity contribution in [3.05, 3.63) is 28.5 Å². The summed E-state index contributed by atoms with van der Waals surface area (Å²) in [5.41, 5.74) is 2.93. The number of thiazole rings is 1. The molecule has 0 radical (unpaired) electrons. The lowest BCUT2D eigenvalue weighted by atomic mass is 10.2. The second-order valence-electron chi connectivity index (χ2n) is 5.56. The van der Waals surface area contributed by atoms with Gasteiger partial charge in [0.2, 0.25) is 11.9 Å². The number of nitrogens with zero attached hydrogens (tertiary/aromatic N) is 4. The number of carbonyl (C=O) groups is 1. The first kappa shape index (κ1) is 14.9. The summed E-state index contributed by atoms with van der Waals surface area (Å²) in [5.74, 6) is 0.677. The molecule has 1 N–H and O–H groups in total. The van der Waals surface area contributed by atoms with Crippen molar-refractivity contribution in [1.29, 1.82) is 0 Å². The monoisotopic (exact) mass is 317 g/mol. The lowest BCUT2D eigenvalue weighted by Crippen LogP contribution is -2.25. The van der Waals surface area contributed by atoms with Crippen LogP contribution in [0.4, 0.5) is 11.1 Å². The van der Waals surface area contributed by atoms with Crippen molar-refractivity contribution in [3.8, 4) is 0 Å². The van der Waals surface area contributed by atoms with E-state index in [2.05, 4.69) is 25.2 Å². The fourth-order valence-electron chi connectivity index (χ4n) is 2.80. The van der Waals surface area contributed by atoms with E-state index in [9.17, 15) is 4.79 Å². The van der Waals surface area contributed by atoms with Gasteiger partial charge in [0, 0.05) is 30.2 Å². The van der Waals surface area contributed by atoms with E-state index in [0.29, 0.717) is 5.13 Å². The minimum absolute atomic E-state index is 0.0955. The van der Waals surface area contributed by atoms with Gasteiger partial charge < -0.3 is 10.2 Å². The molecule has 1 aliphatic heterocycles. The van der Waals surface area contributed by atoms with Crippen LogP contribution in [-0.2, 0) is 4.79 Å². The molecule has 3 rings (SSSR count). The maximum atomic E-state index is 11.1. The highest BCUT2D eigenvalue weighted by Crippen LogP contribution is 2.35. The number of aryl methyl sites for hydroxylation is 2. The Morgan fingerprint density at radius 2 is 2.05 bits per heavy atom. The first-order valence-corrected chi connectivity index (χ1v) is 8.23. The van der Waals surface area contributed by atoms with Crippen molar-refractivity contribution in [2.75, 3.05) is 16.8 Å². The molecule has 1 fully saturated rings. The molecule has 0 bridgehead atoms. The van der Waals surface area contributed by atoms with Crippen molar-refractivity contribution >= 4 is 28.3 Å². The van der Waals surface area contributed by atoms with Crippen LogP contribution in [-0.4, -0.2) is 27.4 Å². The number of nitrogens with one attached hydrogen (secondary N) is 1. The van der Waals surface area contributed by atoms with Crippen molar-refractivity contribution in [3.63, 3.8) is 0 Å². The van der Waals surface area contributed by atoms with Crippen molar-refractivity contribution in [2.45, 2.75) is 39.7 Å². The number of rotatable bonds is 3. The molecule has 7 heteroatoms. The lowest BCUT2D eigenvalue weighted by Gasteiger charge is -2.23. The van der Waals surface area contributed by atoms with E-state index in [1.807, 2.05) is 25.3 Å². The SMILES string of the molecule is CC(=O)Nc1nc([C@H]2CCCN2c2nc(C)cc(C)n2)cs1. The molecule has 116 valence electrons. The molecule has 0 aliphatic carbocycles. The Hall–Kier alpha value is -2.02. The van der Waals surface area contributed by atoms with Crippen LogP contribution in [0.5, 0.6) is 0 Å². The molecule has 2 aromatic rings. The smallest absolute Gasteiger partial charge is 0.226 e. The molecule has 1 saturated heterocycles. The third-order valence-electron chi connectivity index (χ3n) is 3.63. The van der Waals surface area contributed by atoms with Gasteiger partial charge in [0.25, 0.3) is 0 Å². The Balaban J connectivity index is 1.86. The quantitative estimate of drug-likeness (QED) is 0.942. The largest absolute Gasteiger partial charge is 0.332 e. The fourth-order valence-corrected chi connectivity index (χ4v) is 3.60. The molecular weight excluding hydrogens is 298 g/mol. The van der Waals surface area contributed by atoms with E-state index in [-0.39, 0.29) is 11.9 Å². The highest BCUT2D eigenvalue weighted by molar-refractivity contribution is 7.13. The van der Waals surface area contributed by atoms with Gasteiger partial charge >= 0.3 is 0 Å². The molecule has 0 spiro atoms. The summed E-state index contributed by atoms with van der Waals surface area (Å²) in [6.45, 7) is 6.40. The van der Waals surface area contributed by atoms with Gasteiger partial charge in [-0.25, -0.2) is 15.0 Å². The average molecular weight is 317 g/mol. The third kappa shape index (κ3) is 3.09. The van der Waals surface area contributed by atoms with Crippen LogP contribution < -0.4 is 10.2 Å². The normalized spacial score (nSPS) is 17.8. The first-order chi connectivity index (χ1) is 10.5. The molecule has 1 atom stereocenters. The number of amides is 1. The van der Waals surface area contributed by atoms with Crippen LogP contribution >= 0.6 is 11.3 Å². The highest BCUT2D eigenvalue weighted by Gasteiger charge is 2.30. The zero-order valence-corrected chi connectivity index (χ0v) is 13.8. The fraction of sp³-hybridized carbons (Fsp3) is 0.467. The van der Waals surface area contributed by atoms with Gasteiger partial charge in [-0.3, -0.25) is 4.79 Å². The molecule has 2 aromatic heterocycles. The number of carbonyl (C=O) groups excluding carboxylic acids is 1. The van der Waals surface area contributed by atoms with E-state index < -0.39 is 0 Å². The molecule has 22 heavy (non-hydrogen) atoms. The summed E-state index contributed by atoms with van der Waals surface area (Å²) in [6.07, 6.45) is 2.12. The summed E-state index contributed by atoms with van der Waals surface area (Å²) in [4.78, 5) is 27.0. The van der Waals surface area contributed by atoms with E-state index >= 15 is 0 Å². The van der Waals surface area contributed by atoms with E-state index in [1.54, 1.807) is 0 Å². The van der Waals surface area contributed by atoms with Crippen molar-refractivity contribution in [1.82, 2.24) is 15.0 Å². The van der Waals surface area contributed by atoms with E-state index in [0.717, 1.165) is 42.4 Å². The predicted molar refractivity (Wildman–Crippen MR) is 87.2 cm³/mol. The van der Waals surface area contributed by atoms with Gasteiger partial charge in [-0.1, -0.05) is 0 Å². The van der Waals surface area contributed by atoms with Gasteiger partial charge in [-0.15, -0.1) is 11.3 Å². The molecule has 3 heterocycles. The molecule has 0 saturated carbocycles.